The second kappa shape index (κ2) is 4.26. The average Bonchev–Trinajstić information content (AvgIpc) is 2.54. The van der Waals surface area contributed by atoms with Crippen molar-refractivity contribution in [3.05, 3.63) is 47.0 Å². The molecule has 0 aromatic heterocycles. The van der Waals surface area contributed by atoms with Gasteiger partial charge in [0.15, 0.2) is 11.5 Å². The molecular formula is C17H11N3O. The largest absolute Gasteiger partial charge is 0.453 e. The third-order valence-corrected chi connectivity index (χ3v) is 4.03. The molecule has 2 heterocycles. The fourth-order valence-corrected chi connectivity index (χ4v) is 3.10. The molecule has 4 heteroatoms. The standard InChI is InChI=1S/C17H11N3O/c18-9-12-7-14-16(8-13(12)10-19)21-15-5-1-3-11-4-2-6-20(14)17(11)15/h1,3,5,7-8H,2,4,6H2. The van der Waals surface area contributed by atoms with Gasteiger partial charge >= 0.3 is 0 Å². The summed E-state index contributed by atoms with van der Waals surface area (Å²) in [6.07, 6.45) is 2.11. The van der Waals surface area contributed by atoms with E-state index in [1.807, 2.05) is 12.1 Å². The first-order valence-corrected chi connectivity index (χ1v) is 6.87. The molecule has 2 aliphatic heterocycles. The molecule has 0 N–H and O–H groups in total. The number of nitrogens with zero attached hydrogens (tertiary/aromatic N) is 3. The minimum absolute atomic E-state index is 0.355. The average molecular weight is 273 g/mol. The van der Waals surface area contributed by atoms with E-state index in [0.717, 1.165) is 36.5 Å². The van der Waals surface area contributed by atoms with Gasteiger partial charge in [0, 0.05) is 12.6 Å². The molecule has 2 aliphatic rings. The molecule has 0 amide bonds. The normalized spacial score (nSPS) is 14.3. The Morgan fingerprint density at radius 1 is 1.05 bits per heavy atom. The molecule has 2 aromatic carbocycles. The number of fused-ring (bicyclic) bond motifs is 2. The quantitative estimate of drug-likeness (QED) is 0.735. The van der Waals surface area contributed by atoms with Crippen LogP contribution in [0.2, 0.25) is 0 Å². The number of ether oxygens (including phenoxy) is 1. The van der Waals surface area contributed by atoms with Crippen molar-refractivity contribution in [3.8, 4) is 23.6 Å². The number of rotatable bonds is 0. The van der Waals surface area contributed by atoms with E-state index in [9.17, 15) is 5.26 Å². The number of nitriles is 2. The minimum atomic E-state index is 0.355. The lowest BCUT2D eigenvalue weighted by Gasteiger charge is -2.37. The van der Waals surface area contributed by atoms with Crippen LogP contribution in [0, 0.1) is 22.7 Å². The molecule has 0 spiro atoms. The van der Waals surface area contributed by atoms with Gasteiger partial charge in [-0.15, -0.1) is 0 Å². The van der Waals surface area contributed by atoms with Crippen LogP contribution >= 0.6 is 0 Å². The molecule has 0 aliphatic carbocycles. The number of hydrogen-bond acceptors (Lipinski definition) is 4. The minimum Gasteiger partial charge on any atom is -0.453 e. The second-order valence-corrected chi connectivity index (χ2v) is 5.21. The molecule has 100 valence electrons. The highest BCUT2D eigenvalue weighted by atomic mass is 16.5. The molecule has 4 nitrogen and oxygen atoms in total. The van der Waals surface area contributed by atoms with Crippen LogP contribution < -0.4 is 9.64 Å². The van der Waals surface area contributed by atoms with E-state index in [4.69, 9.17) is 10.00 Å². The van der Waals surface area contributed by atoms with Gasteiger partial charge in [0.2, 0.25) is 0 Å². The van der Waals surface area contributed by atoms with E-state index < -0.39 is 0 Å². The first kappa shape index (κ1) is 11.8. The molecular weight excluding hydrogens is 262 g/mol. The summed E-state index contributed by atoms with van der Waals surface area (Å²) in [5, 5.41) is 18.4. The van der Waals surface area contributed by atoms with E-state index in [0.29, 0.717) is 16.9 Å². The van der Waals surface area contributed by atoms with Gasteiger partial charge < -0.3 is 9.64 Å². The van der Waals surface area contributed by atoms with Crippen molar-refractivity contribution in [2.45, 2.75) is 12.8 Å². The lowest BCUT2D eigenvalue weighted by molar-refractivity contribution is 0.468. The van der Waals surface area contributed by atoms with Crippen LogP contribution in [0.25, 0.3) is 0 Å². The van der Waals surface area contributed by atoms with Crippen LogP contribution in [0.1, 0.15) is 23.1 Å². The summed E-state index contributed by atoms with van der Waals surface area (Å²) >= 11 is 0. The molecule has 0 saturated heterocycles. The lowest BCUT2D eigenvalue weighted by Crippen LogP contribution is -2.27. The van der Waals surface area contributed by atoms with Crippen molar-refractivity contribution in [2.24, 2.45) is 0 Å². The SMILES string of the molecule is N#Cc1cc2c(cc1C#N)N1CCCc3cccc(c31)O2. The molecule has 2 aromatic rings. The maximum Gasteiger partial charge on any atom is 0.152 e. The van der Waals surface area contributed by atoms with Crippen LogP contribution in [0.15, 0.2) is 30.3 Å². The van der Waals surface area contributed by atoms with E-state index in [1.165, 1.54) is 5.56 Å². The third kappa shape index (κ3) is 1.60. The molecule has 0 saturated carbocycles. The first-order chi connectivity index (χ1) is 10.3. The van der Waals surface area contributed by atoms with Gasteiger partial charge in [0.1, 0.15) is 12.1 Å². The van der Waals surface area contributed by atoms with Crippen molar-refractivity contribution in [2.75, 3.05) is 11.4 Å². The Labute approximate surface area is 122 Å². The van der Waals surface area contributed by atoms with Crippen LogP contribution in [-0.2, 0) is 6.42 Å². The second-order valence-electron chi connectivity index (χ2n) is 5.21. The van der Waals surface area contributed by atoms with Crippen LogP contribution in [0.3, 0.4) is 0 Å². The summed E-state index contributed by atoms with van der Waals surface area (Å²) in [6.45, 7) is 0.900. The third-order valence-electron chi connectivity index (χ3n) is 4.03. The summed E-state index contributed by atoms with van der Waals surface area (Å²) in [7, 11) is 0. The Balaban J connectivity index is 1.97. The number of hydrogen-bond donors (Lipinski definition) is 0. The lowest BCUT2D eigenvalue weighted by atomic mass is 9.97. The summed E-state index contributed by atoms with van der Waals surface area (Å²) in [6, 6.07) is 13.6. The topological polar surface area (TPSA) is 60.0 Å². The number of para-hydroxylation sites is 1. The highest BCUT2D eigenvalue weighted by Crippen LogP contribution is 2.50. The molecule has 0 bridgehead atoms. The molecule has 0 radical (unpaired) electrons. The van der Waals surface area contributed by atoms with Gasteiger partial charge in [-0.05, 0) is 30.5 Å². The number of aryl methyl sites for hydroxylation is 1. The van der Waals surface area contributed by atoms with Crippen molar-refractivity contribution in [3.63, 3.8) is 0 Å². The molecule has 4 rings (SSSR count). The Bertz CT molecular complexity index is 842. The van der Waals surface area contributed by atoms with Gasteiger partial charge in [-0.3, -0.25) is 0 Å². The molecule has 0 unspecified atom stereocenters. The van der Waals surface area contributed by atoms with Crippen molar-refractivity contribution >= 4 is 11.4 Å². The smallest absolute Gasteiger partial charge is 0.152 e. The zero-order valence-electron chi connectivity index (χ0n) is 11.3. The maximum atomic E-state index is 9.21. The Morgan fingerprint density at radius 3 is 2.67 bits per heavy atom. The van der Waals surface area contributed by atoms with Gasteiger partial charge in [0.05, 0.1) is 22.5 Å². The van der Waals surface area contributed by atoms with E-state index >= 15 is 0 Å². The maximum absolute atomic E-state index is 9.21. The number of anilines is 2. The van der Waals surface area contributed by atoms with Crippen molar-refractivity contribution in [1.82, 2.24) is 0 Å². The monoisotopic (exact) mass is 273 g/mol. The van der Waals surface area contributed by atoms with E-state index in [2.05, 4.69) is 23.1 Å². The summed E-state index contributed by atoms with van der Waals surface area (Å²) < 4.78 is 5.96. The molecule has 0 atom stereocenters. The van der Waals surface area contributed by atoms with Gasteiger partial charge in [-0.2, -0.15) is 10.5 Å². The Kier molecular flexibility index (Phi) is 2.40. The fraction of sp³-hybridized carbons (Fsp3) is 0.176. The number of benzene rings is 2. The van der Waals surface area contributed by atoms with E-state index in [-0.39, 0.29) is 0 Å². The highest BCUT2D eigenvalue weighted by molar-refractivity contribution is 5.82. The van der Waals surface area contributed by atoms with Crippen LogP contribution in [0.5, 0.6) is 11.5 Å². The molecule has 0 fully saturated rings. The predicted octanol–water partition coefficient (Wildman–Crippen LogP) is 3.62. The van der Waals surface area contributed by atoms with Crippen molar-refractivity contribution in [1.29, 1.82) is 10.5 Å². The Morgan fingerprint density at radius 2 is 1.86 bits per heavy atom. The van der Waals surface area contributed by atoms with Crippen molar-refractivity contribution < 1.29 is 4.74 Å². The van der Waals surface area contributed by atoms with Crippen LogP contribution in [-0.4, -0.2) is 6.54 Å². The molecule has 21 heavy (non-hydrogen) atoms. The van der Waals surface area contributed by atoms with Crippen LogP contribution in [0.4, 0.5) is 11.4 Å². The zero-order chi connectivity index (χ0) is 14.4. The predicted molar refractivity (Wildman–Crippen MR) is 77.7 cm³/mol. The summed E-state index contributed by atoms with van der Waals surface area (Å²) in [4.78, 5) is 2.20. The highest BCUT2D eigenvalue weighted by Gasteiger charge is 2.30. The summed E-state index contributed by atoms with van der Waals surface area (Å²) in [5.41, 5.74) is 4.00. The van der Waals surface area contributed by atoms with E-state index in [1.54, 1.807) is 12.1 Å². The van der Waals surface area contributed by atoms with Gasteiger partial charge in [-0.25, -0.2) is 0 Å². The Hall–Kier alpha value is -2.98. The zero-order valence-corrected chi connectivity index (χ0v) is 11.3. The summed E-state index contributed by atoms with van der Waals surface area (Å²) in [5.74, 6) is 1.48. The van der Waals surface area contributed by atoms with Gasteiger partial charge in [-0.1, -0.05) is 12.1 Å². The van der Waals surface area contributed by atoms with Gasteiger partial charge in [0.25, 0.3) is 0 Å². The first-order valence-electron chi connectivity index (χ1n) is 6.87. The fourth-order valence-electron chi connectivity index (χ4n) is 3.10.